The van der Waals surface area contributed by atoms with Crippen LogP contribution in [0.5, 0.6) is 11.5 Å². The molecule has 0 saturated carbocycles. The van der Waals surface area contributed by atoms with Gasteiger partial charge in [-0.05, 0) is 31.3 Å². The number of ether oxygens (including phenoxy) is 1. The second kappa shape index (κ2) is 6.24. The number of nitrogens with zero attached hydrogens (tertiary/aromatic N) is 1. The smallest absolute Gasteiger partial charge is 0.146 e. The summed E-state index contributed by atoms with van der Waals surface area (Å²) in [6, 6.07) is 16.0. The Labute approximate surface area is 132 Å². The summed E-state index contributed by atoms with van der Waals surface area (Å²) in [5, 5.41) is 4.22. The third-order valence-corrected chi connectivity index (χ3v) is 3.68. The molecule has 3 aromatic rings. The summed E-state index contributed by atoms with van der Waals surface area (Å²) in [4.78, 5) is 4.42. The second-order valence-corrected chi connectivity index (χ2v) is 5.66. The number of halogens is 1. The monoisotopic (exact) mass is 342 g/mol. The topological polar surface area (TPSA) is 34.1 Å². The van der Waals surface area contributed by atoms with Crippen LogP contribution in [-0.4, -0.2) is 12.0 Å². The van der Waals surface area contributed by atoms with Crippen molar-refractivity contribution in [1.82, 2.24) is 10.3 Å². The van der Waals surface area contributed by atoms with Crippen LogP contribution < -0.4 is 10.1 Å². The molecule has 0 spiro atoms. The quantitative estimate of drug-likeness (QED) is 0.757. The molecule has 0 radical (unpaired) electrons. The second-order valence-electron chi connectivity index (χ2n) is 4.75. The predicted molar refractivity (Wildman–Crippen MR) is 88.7 cm³/mol. The highest BCUT2D eigenvalue weighted by atomic mass is 79.9. The lowest BCUT2D eigenvalue weighted by Gasteiger charge is -2.12. The number of benzene rings is 2. The number of aromatic nitrogens is 1. The number of para-hydroxylation sites is 1. The van der Waals surface area contributed by atoms with E-state index in [-0.39, 0.29) is 0 Å². The van der Waals surface area contributed by atoms with Gasteiger partial charge in [0.15, 0.2) is 0 Å². The van der Waals surface area contributed by atoms with E-state index >= 15 is 0 Å². The highest BCUT2D eigenvalue weighted by Crippen LogP contribution is 2.29. The van der Waals surface area contributed by atoms with Crippen molar-refractivity contribution in [2.24, 2.45) is 0 Å². The fourth-order valence-electron chi connectivity index (χ4n) is 2.19. The van der Waals surface area contributed by atoms with Gasteiger partial charge >= 0.3 is 0 Å². The Bertz CT molecular complexity index is 774. The summed E-state index contributed by atoms with van der Waals surface area (Å²) in [5.41, 5.74) is 2.07. The minimum Gasteiger partial charge on any atom is -0.455 e. The van der Waals surface area contributed by atoms with Gasteiger partial charge in [-0.25, -0.2) is 0 Å². The lowest BCUT2D eigenvalue weighted by molar-refractivity contribution is 0.472. The van der Waals surface area contributed by atoms with Crippen molar-refractivity contribution in [2.45, 2.75) is 6.54 Å². The minimum absolute atomic E-state index is 0.740. The Kier molecular flexibility index (Phi) is 4.18. The van der Waals surface area contributed by atoms with Gasteiger partial charge in [0, 0.05) is 22.0 Å². The van der Waals surface area contributed by atoms with Crippen molar-refractivity contribution in [1.29, 1.82) is 0 Å². The van der Waals surface area contributed by atoms with Crippen molar-refractivity contribution in [3.05, 3.63) is 64.8 Å². The van der Waals surface area contributed by atoms with E-state index in [2.05, 4.69) is 26.2 Å². The maximum Gasteiger partial charge on any atom is 0.146 e. The number of hydrogen-bond donors (Lipinski definition) is 1. The van der Waals surface area contributed by atoms with E-state index in [1.807, 2.05) is 55.6 Å². The zero-order valence-electron chi connectivity index (χ0n) is 11.6. The summed E-state index contributed by atoms with van der Waals surface area (Å²) in [7, 11) is 1.92. The number of rotatable bonds is 4. The van der Waals surface area contributed by atoms with E-state index in [9.17, 15) is 0 Å². The molecule has 0 unspecified atom stereocenters. The highest BCUT2D eigenvalue weighted by Gasteiger charge is 2.06. The molecule has 0 aliphatic heterocycles. The molecule has 0 bridgehead atoms. The number of fused-ring (bicyclic) bond motifs is 1. The average Bonchev–Trinajstić information content (AvgIpc) is 2.50. The molecule has 0 saturated heterocycles. The average molecular weight is 343 g/mol. The normalized spacial score (nSPS) is 10.8. The molecule has 4 heteroatoms. The zero-order chi connectivity index (χ0) is 14.7. The molecule has 1 aromatic heterocycles. The van der Waals surface area contributed by atoms with Crippen molar-refractivity contribution in [3.63, 3.8) is 0 Å². The van der Waals surface area contributed by atoms with Crippen molar-refractivity contribution in [2.75, 3.05) is 7.05 Å². The van der Waals surface area contributed by atoms with E-state index in [1.165, 1.54) is 0 Å². The minimum atomic E-state index is 0.740. The van der Waals surface area contributed by atoms with Crippen molar-refractivity contribution < 1.29 is 4.74 Å². The highest BCUT2D eigenvalue weighted by molar-refractivity contribution is 9.10. The Morgan fingerprint density at radius 1 is 1.14 bits per heavy atom. The summed E-state index contributed by atoms with van der Waals surface area (Å²) in [6.45, 7) is 0.754. The lowest BCUT2D eigenvalue weighted by atomic mass is 10.2. The Balaban J connectivity index is 1.95. The van der Waals surface area contributed by atoms with Crippen LogP contribution >= 0.6 is 15.9 Å². The van der Waals surface area contributed by atoms with Gasteiger partial charge < -0.3 is 10.1 Å². The van der Waals surface area contributed by atoms with E-state index in [0.717, 1.165) is 39.0 Å². The van der Waals surface area contributed by atoms with Gasteiger partial charge in [-0.15, -0.1) is 0 Å². The van der Waals surface area contributed by atoms with Crippen LogP contribution in [-0.2, 0) is 6.54 Å². The van der Waals surface area contributed by atoms with Gasteiger partial charge in [0.05, 0.1) is 11.7 Å². The first-order valence-corrected chi connectivity index (χ1v) is 7.51. The van der Waals surface area contributed by atoms with Crippen LogP contribution in [0.4, 0.5) is 0 Å². The molecule has 0 aliphatic rings. The van der Waals surface area contributed by atoms with Crippen LogP contribution in [0.3, 0.4) is 0 Å². The van der Waals surface area contributed by atoms with Crippen LogP contribution in [0.25, 0.3) is 10.9 Å². The van der Waals surface area contributed by atoms with Gasteiger partial charge in [-0.3, -0.25) is 4.98 Å². The van der Waals surface area contributed by atoms with Gasteiger partial charge in [-0.1, -0.05) is 40.2 Å². The number of hydrogen-bond acceptors (Lipinski definition) is 3. The van der Waals surface area contributed by atoms with Gasteiger partial charge in [0.25, 0.3) is 0 Å². The fourth-order valence-corrected chi connectivity index (χ4v) is 2.53. The molecule has 3 rings (SSSR count). The molecule has 3 nitrogen and oxygen atoms in total. The molecular formula is C17H15BrN2O. The maximum atomic E-state index is 6.02. The van der Waals surface area contributed by atoms with E-state index in [0.29, 0.717) is 0 Å². The van der Waals surface area contributed by atoms with E-state index in [1.54, 1.807) is 6.20 Å². The summed E-state index contributed by atoms with van der Waals surface area (Å²) in [6.07, 6.45) is 1.76. The van der Waals surface area contributed by atoms with Gasteiger partial charge in [0.2, 0.25) is 0 Å². The van der Waals surface area contributed by atoms with Crippen molar-refractivity contribution in [3.8, 4) is 11.5 Å². The maximum absolute atomic E-state index is 6.02. The molecule has 2 aromatic carbocycles. The van der Waals surface area contributed by atoms with Gasteiger partial charge in [0.1, 0.15) is 11.5 Å². The summed E-state index contributed by atoms with van der Waals surface area (Å²) in [5.74, 6) is 1.57. The third kappa shape index (κ3) is 3.23. The van der Waals surface area contributed by atoms with Crippen LogP contribution in [0.1, 0.15) is 5.56 Å². The predicted octanol–water partition coefficient (Wildman–Crippen LogP) is 4.51. The van der Waals surface area contributed by atoms with Crippen LogP contribution in [0.15, 0.2) is 59.2 Å². The molecule has 106 valence electrons. The Hall–Kier alpha value is -1.91. The molecule has 0 amide bonds. The molecule has 0 fully saturated rings. The largest absolute Gasteiger partial charge is 0.455 e. The summed E-state index contributed by atoms with van der Waals surface area (Å²) < 4.78 is 7.01. The first kappa shape index (κ1) is 14.0. The Morgan fingerprint density at radius 3 is 2.86 bits per heavy atom. The number of nitrogens with one attached hydrogen (secondary N) is 1. The first-order chi connectivity index (χ1) is 10.3. The summed E-state index contributed by atoms with van der Waals surface area (Å²) >= 11 is 3.48. The molecule has 1 N–H and O–H groups in total. The van der Waals surface area contributed by atoms with Crippen LogP contribution in [0, 0.1) is 0 Å². The van der Waals surface area contributed by atoms with Crippen LogP contribution in [0.2, 0.25) is 0 Å². The van der Waals surface area contributed by atoms with E-state index in [4.69, 9.17) is 4.74 Å². The standard InChI is InChI=1S/C17H15BrN2O/c1-19-10-13-6-7-14(18)9-17(13)21-15-8-12-4-2-3-5-16(12)20-11-15/h2-9,11,19H,10H2,1H3. The number of pyridine rings is 1. The third-order valence-electron chi connectivity index (χ3n) is 3.19. The lowest BCUT2D eigenvalue weighted by Crippen LogP contribution is -2.06. The zero-order valence-corrected chi connectivity index (χ0v) is 13.2. The molecule has 21 heavy (non-hydrogen) atoms. The molecule has 0 aliphatic carbocycles. The SMILES string of the molecule is CNCc1ccc(Br)cc1Oc1cnc2ccccc2c1. The van der Waals surface area contributed by atoms with Crippen molar-refractivity contribution >= 4 is 26.8 Å². The van der Waals surface area contributed by atoms with E-state index < -0.39 is 0 Å². The molecule has 0 atom stereocenters. The first-order valence-electron chi connectivity index (χ1n) is 6.72. The fraction of sp³-hybridized carbons (Fsp3) is 0.118. The van der Waals surface area contributed by atoms with Gasteiger partial charge in [-0.2, -0.15) is 0 Å². The molecule has 1 heterocycles. The molecular weight excluding hydrogens is 328 g/mol. The Morgan fingerprint density at radius 2 is 2.00 bits per heavy atom.